The molecular weight excluding hydrogens is 397 g/mol. The van der Waals surface area contributed by atoms with Gasteiger partial charge in [-0.3, -0.25) is 15.0 Å². The minimum atomic E-state index is -4.54. The van der Waals surface area contributed by atoms with Crippen LogP contribution in [0.5, 0.6) is 0 Å². The molecule has 3 aromatic rings. The maximum absolute atomic E-state index is 13.7. The fourth-order valence-corrected chi connectivity index (χ4v) is 3.28. The van der Waals surface area contributed by atoms with Crippen LogP contribution in [0.1, 0.15) is 21.5 Å². The van der Waals surface area contributed by atoms with Gasteiger partial charge in [-0.15, -0.1) is 0 Å². The number of fused-ring (bicyclic) bond motifs is 1. The third-order valence-electron chi connectivity index (χ3n) is 4.62. The molecule has 4 rings (SSSR count). The van der Waals surface area contributed by atoms with Crippen molar-refractivity contribution in [3.8, 4) is 11.1 Å². The average Bonchev–Trinajstić information content (AvgIpc) is 3.13. The Bertz CT molecular complexity index is 1140. The standard InChI is InChI=1S/C21H15F3N4O2/c22-21(23,24)17-10-18-14(8-16(17)13-4-2-6-25-11-13)9-19(27-18)26-15-5-1-3-12(7-15)20(29)28-30/h1-8,10-11,30H,9H2,(H,26,27)(H,28,29). The Labute approximate surface area is 169 Å². The summed E-state index contributed by atoms with van der Waals surface area (Å²) in [7, 11) is 0. The highest BCUT2D eigenvalue weighted by Crippen LogP contribution is 2.42. The van der Waals surface area contributed by atoms with Gasteiger partial charge in [0.25, 0.3) is 5.91 Å². The van der Waals surface area contributed by atoms with Crippen molar-refractivity contribution in [2.75, 3.05) is 5.32 Å². The molecule has 1 aliphatic rings. The smallest absolute Gasteiger partial charge is 0.343 e. The Morgan fingerprint density at radius 1 is 1.10 bits per heavy atom. The fourth-order valence-electron chi connectivity index (χ4n) is 3.28. The number of alkyl halides is 3. The molecule has 152 valence electrons. The molecule has 9 heteroatoms. The quantitative estimate of drug-likeness (QED) is 0.434. The number of nitrogens with one attached hydrogen (secondary N) is 2. The number of hydrogen-bond donors (Lipinski definition) is 3. The van der Waals surface area contributed by atoms with E-state index < -0.39 is 17.6 Å². The number of benzene rings is 2. The van der Waals surface area contributed by atoms with Crippen LogP contribution in [-0.4, -0.2) is 21.9 Å². The van der Waals surface area contributed by atoms with Gasteiger partial charge >= 0.3 is 6.18 Å². The van der Waals surface area contributed by atoms with Crippen LogP contribution in [0.4, 0.5) is 24.5 Å². The first-order valence-electron chi connectivity index (χ1n) is 8.89. The largest absolute Gasteiger partial charge is 0.417 e. The number of amidine groups is 1. The Balaban J connectivity index is 1.66. The zero-order valence-corrected chi connectivity index (χ0v) is 15.4. The summed E-state index contributed by atoms with van der Waals surface area (Å²) in [6, 6.07) is 12.0. The number of anilines is 1. The van der Waals surface area contributed by atoms with Crippen LogP contribution in [0, 0.1) is 0 Å². The lowest BCUT2D eigenvalue weighted by atomic mass is 9.96. The molecule has 2 heterocycles. The van der Waals surface area contributed by atoms with Gasteiger partial charge in [0.05, 0.1) is 11.3 Å². The lowest BCUT2D eigenvalue weighted by Crippen LogP contribution is -2.19. The average molecular weight is 412 g/mol. The summed E-state index contributed by atoms with van der Waals surface area (Å²) in [4.78, 5) is 19.8. The van der Waals surface area contributed by atoms with E-state index >= 15 is 0 Å². The molecule has 1 aromatic heterocycles. The summed E-state index contributed by atoms with van der Waals surface area (Å²) in [5, 5.41) is 11.8. The molecule has 0 aliphatic carbocycles. The molecule has 3 N–H and O–H groups in total. The number of aromatic nitrogens is 1. The molecule has 0 saturated carbocycles. The normalized spacial score (nSPS) is 12.9. The number of rotatable bonds is 3. The summed E-state index contributed by atoms with van der Waals surface area (Å²) < 4.78 is 41.0. The molecule has 0 bridgehead atoms. The maximum Gasteiger partial charge on any atom is 0.417 e. The van der Waals surface area contributed by atoms with Crippen molar-refractivity contribution < 1.29 is 23.2 Å². The predicted molar refractivity (Wildman–Crippen MR) is 105 cm³/mol. The Morgan fingerprint density at radius 2 is 1.93 bits per heavy atom. The number of pyridine rings is 1. The Kier molecular flexibility index (Phi) is 4.96. The second-order valence-corrected chi connectivity index (χ2v) is 6.65. The SMILES string of the molecule is O=C(NO)c1cccc(NC2=Nc3cc(C(F)(F)F)c(-c4cccnc4)cc3C2)c1. The van der Waals surface area contributed by atoms with Gasteiger partial charge in [0.1, 0.15) is 5.84 Å². The van der Waals surface area contributed by atoms with Crippen molar-refractivity contribution in [1.82, 2.24) is 10.5 Å². The summed E-state index contributed by atoms with van der Waals surface area (Å²) in [5.74, 6) is -0.228. The number of carbonyl (C=O) groups is 1. The van der Waals surface area contributed by atoms with Crippen molar-refractivity contribution in [3.05, 3.63) is 77.6 Å². The molecule has 0 spiro atoms. The van der Waals surface area contributed by atoms with Gasteiger partial charge < -0.3 is 5.32 Å². The number of nitrogens with zero attached hydrogens (tertiary/aromatic N) is 2. The Hall–Kier alpha value is -3.72. The van der Waals surface area contributed by atoms with Crippen molar-refractivity contribution >= 4 is 23.1 Å². The number of aliphatic imine (C=N–C) groups is 1. The first kappa shape index (κ1) is 19.6. The number of amides is 1. The van der Waals surface area contributed by atoms with E-state index in [-0.39, 0.29) is 16.8 Å². The van der Waals surface area contributed by atoms with Gasteiger partial charge in [-0.05, 0) is 47.5 Å². The van der Waals surface area contributed by atoms with Gasteiger partial charge in [0.15, 0.2) is 0 Å². The first-order valence-corrected chi connectivity index (χ1v) is 8.89. The number of halogens is 3. The molecule has 2 aromatic carbocycles. The van der Waals surface area contributed by atoms with E-state index in [0.717, 1.165) is 6.07 Å². The van der Waals surface area contributed by atoms with Crippen molar-refractivity contribution in [1.29, 1.82) is 0 Å². The van der Waals surface area contributed by atoms with Crippen LogP contribution in [0.25, 0.3) is 11.1 Å². The van der Waals surface area contributed by atoms with Gasteiger partial charge in [0.2, 0.25) is 0 Å². The summed E-state index contributed by atoms with van der Waals surface area (Å²) in [5.41, 5.74) is 2.82. The zero-order valence-electron chi connectivity index (χ0n) is 15.4. The highest BCUT2D eigenvalue weighted by molar-refractivity contribution is 6.03. The first-order chi connectivity index (χ1) is 14.3. The summed E-state index contributed by atoms with van der Waals surface area (Å²) >= 11 is 0. The zero-order chi connectivity index (χ0) is 21.3. The van der Waals surface area contributed by atoms with Crippen LogP contribution in [0.15, 0.2) is 65.9 Å². The molecule has 0 fully saturated rings. The van der Waals surface area contributed by atoms with Crippen molar-refractivity contribution in [3.63, 3.8) is 0 Å². The van der Waals surface area contributed by atoms with Gasteiger partial charge in [0, 0.05) is 35.6 Å². The molecule has 0 saturated heterocycles. The highest BCUT2D eigenvalue weighted by Gasteiger charge is 2.35. The number of hydroxylamine groups is 1. The van der Waals surface area contributed by atoms with Crippen molar-refractivity contribution in [2.24, 2.45) is 4.99 Å². The van der Waals surface area contributed by atoms with Crippen LogP contribution in [0.2, 0.25) is 0 Å². The molecule has 1 amide bonds. The van der Waals surface area contributed by atoms with E-state index in [9.17, 15) is 18.0 Å². The highest BCUT2D eigenvalue weighted by atomic mass is 19.4. The maximum atomic E-state index is 13.7. The third kappa shape index (κ3) is 3.87. The van der Waals surface area contributed by atoms with Gasteiger partial charge in [-0.1, -0.05) is 12.1 Å². The number of carbonyl (C=O) groups excluding carboxylic acids is 1. The van der Waals surface area contributed by atoms with E-state index in [1.807, 2.05) is 0 Å². The molecule has 0 radical (unpaired) electrons. The lowest BCUT2D eigenvalue weighted by Gasteiger charge is -2.14. The van der Waals surface area contributed by atoms with Crippen LogP contribution >= 0.6 is 0 Å². The summed E-state index contributed by atoms with van der Waals surface area (Å²) in [6.45, 7) is 0. The summed E-state index contributed by atoms with van der Waals surface area (Å²) in [6.07, 6.45) is -1.35. The van der Waals surface area contributed by atoms with E-state index in [1.54, 1.807) is 29.7 Å². The van der Waals surface area contributed by atoms with E-state index in [4.69, 9.17) is 5.21 Å². The van der Waals surface area contributed by atoms with Crippen molar-refractivity contribution in [2.45, 2.75) is 12.6 Å². The topological polar surface area (TPSA) is 86.6 Å². The second kappa shape index (κ2) is 7.60. The monoisotopic (exact) mass is 412 g/mol. The Morgan fingerprint density at radius 3 is 2.63 bits per heavy atom. The molecule has 1 aliphatic heterocycles. The lowest BCUT2D eigenvalue weighted by molar-refractivity contribution is -0.137. The molecule has 0 unspecified atom stereocenters. The second-order valence-electron chi connectivity index (χ2n) is 6.65. The third-order valence-corrected chi connectivity index (χ3v) is 4.62. The van der Waals surface area contributed by atoms with Crippen LogP contribution in [0.3, 0.4) is 0 Å². The minimum absolute atomic E-state index is 0.0485. The van der Waals surface area contributed by atoms with E-state index in [0.29, 0.717) is 29.1 Å². The fraction of sp³-hybridized carbons (Fsp3) is 0.0952. The molecular formula is C21H15F3N4O2. The van der Waals surface area contributed by atoms with Crippen LogP contribution < -0.4 is 10.8 Å². The molecule has 0 atom stereocenters. The molecule has 6 nitrogen and oxygen atoms in total. The van der Waals surface area contributed by atoms with Gasteiger partial charge in [-0.25, -0.2) is 10.5 Å². The van der Waals surface area contributed by atoms with E-state index in [2.05, 4.69) is 15.3 Å². The van der Waals surface area contributed by atoms with Crippen LogP contribution in [-0.2, 0) is 12.6 Å². The number of hydrogen-bond acceptors (Lipinski definition) is 5. The predicted octanol–water partition coefficient (Wildman–Crippen LogP) is 4.58. The van der Waals surface area contributed by atoms with E-state index in [1.165, 1.54) is 30.6 Å². The minimum Gasteiger partial charge on any atom is -0.343 e. The molecule has 30 heavy (non-hydrogen) atoms. The van der Waals surface area contributed by atoms with Gasteiger partial charge in [-0.2, -0.15) is 13.2 Å².